The third-order valence-corrected chi connectivity index (χ3v) is 4.27. The van der Waals surface area contributed by atoms with E-state index in [9.17, 15) is 18.0 Å². The molecule has 0 bridgehead atoms. The summed E-state index contributed by atoms with van der Waals surface area (Å²) in [5.41, 5.74) is 0.289. The van der Waals surface area contributed by atoms with Gasteiger partial charge in [-0.3, -0.25) is 10.1 Å². The number of nitrogens with one attached hydrogen (secondary N) is 1. The van der Waals surface area contributed by atoms with Crippen LogP contribution in [0.25, 0.3) is 10.2 Å². The van der Waals surface area contributed by atoms with E-state index in [0.29, 0.717) is 10.3 Å². The second-order valence-corrected chi connectivity index (χ2v) is 5.97. The zero-order chi connectivity index (χ0) is 16.6. The summed E-state index contributed by atoms with van der Waals surface area (Å²) in [7, 11) is 0. The molecule has 1 aromatic heterocycles. The molecule has 2 aromatic carbocycles. The van der Waals surface area contributed by atoms with Gasteiger partial charge in [0.1, 0.15) is 0 Å². The molecule has 3 rings (SSSR count). The average Bonchev–Trinajstić information content (AvgIpc) is 2.88. The van der Waals surface area contributed by atoms with Crippen molar-refractivity contribution < 1.29 is 18.0 Å². The van der Waals surface area contributed by atoms with E-state index >= 15 is 0 Å². The van der Waals surface area contributed by atoms with Gasteiger partial charge in [0.05, 0.1) is 15.8 Å². The van der Waals surface area contributed by atoms with Gasteiger partial charge in [0.25, 0.3) is 5.91 Å². The summed E-state index contributed by atoms with van der Waals surface area (Å²) < 4.78 is 39.3. The molecular formula is C16H11F3N2OS. The lowest BCUT2D eigenvalue weighted by Gasteiger charge is -2.06. The number of rotatable bonds is 2. The summed E-state index contributed by atoms with van der Waals surface area (Å²) in [6, 6.07) is 10.8. The highest BCUT2D eigenvalue weighted by molar-refractivity contribution is 7.22. The number of alkyl halides is 3. The van der Waals surface area contributed by atoms with E-state index in [1.807, 2.05) is 0 Å². The molecule has 0 saturated heterocycles. The van der Waals surface area contributed by atoms with Crippen molar-refractivity contribution in [2.75, 3.05) is 5.32 Å². The van der Waals surface area contributed by atoms with Gasteiger partial charge in [0.2, 0.25) is 0 Å². The molecule has 1 N–H and O–H groups in total. The van der Waals surface area contributed by atoms with Crippen LogP contribution >= 0.6 is 11.3 Å². The maximum Gasteiger partial charge on any atom is 0.418 e. The Hall–Kier alpha value is -2.41. The first-order valence-electron chi connectivity index (χ1n) is 6.70. The number of benzene rings is 2. The second-order valence-electron chi connectivity index (χ2n) is 4.94. The van der Waals surface area contributed by atoms with Crippen molar-refractivity contribution in [3.8, 4) is 0 Å². The number of amides is 1. The summed E-state index contributed by atoms with van der Waals surface area (Å²) in [4.78, 5) is 16.2. The van der Waals surface area contributed by atoms with Crippen LogP contribution in [-0.2, 0) is 6.18 Å². The van der Waals surface area contributed by atoms with Crippen LogP contribution in [-0.4, -0.2) is 10.9 Å². The van der Waals surface area contributed by atoms with E-state index in [1.54, 1.807) is 37.3 Å². The van der Waals surface area contributed by atoms with Crippen LogP contribution in [0.15, 0.2) is 42.5 Å². The van der Waals surface area contributed by atoms with E-state index in [0.717, 1.165) is 23.0 Å². The maximum atomic E-state index is 13.0. The lowest BCUT2D eigenvalue weighted by molar-refractivity contribution is -0.136. The number of hydrogen-bond donors (Lipinski definition) is 1. The molecule has 3 nitrogen and oxygen atoms in total. The molecule has 23 heavy (non-hydrogen) atoms. The van der Waals surface area contributed by atoms with Gasteiger partial charge >= 0.3 is 6.18 Å². The summed E-state index contributed by atoms with van der Waals surface area (Å²) >= 11 is 1.01. The Kier molecular flexibility index (Phi) is 3.81. The van der Waals surface area contributed by atoms with Crippen molar-refractivity contribution in [1.29, 1.82) is 0 Å². The first-order valence-corrected chi connectivity index (χ1v) is 7.51. The van der Waals surface area contributed by atoms with Crippen LogP contribution < -0.4 is 5.32 Å². The summed E-state index contributed by atoms with van der Waals surface area (Å²) in [6.45, 7) is 1.79. The third kappa shape index (κ3) is 3.05. The number of halogens is 3. The fourth-order valence-corrected chi connectivity index (χ4v) is 3.11. The number of nitrogens with zero attached hydrogens (tertiary/aromatic N) is 1. The molecule has 0 aliphatic rings. The predicted octanol–water partition coefficient (Wildman–Crippen LogP) is 4.88. The van der Waals surface area contributed by atoms with E-state index in [2.05, 4.69) is 10.3 Å². The van der Waals surface area contributed by atoms with Crippen LogP contribution in [0.1, 0.15) is 21.5 Å². The van der Waals surface area contributed by atoms with Crippen LogP contribution in [0.5, 0.6) is 0 Å². The highest BCUT2D eigenvalue weighted by atomic mass is 32.1. The molecular weight excluding hydrogens is 325 g/mol. The molecule has 1 amide bonds. The largest absolute Gasteiger partial charge is 0.418 e. The summed E-state index contributed by atoms with van der Waals surface area (Å²) in [5, 5.41) is 2.71. The van der Waals surface area contributed by atoms with Gasteiger partial charge in [-0.15, -0.1) is 0 Å². The first-order chi connectivity index (χ1) is 10.9. The van der Waals surface area contributed by atoms with Crippen molar-refractivity contribution in [3.63, 3.8) is 0 Å². The molecule has 0 aliphatic heterocycles. The summed E-state index contributed by atoms with van der Waals surface area (Å²) in [5.74, 6) is -0.393. The monoisotopic (exact) mass is 336 g/mol. The minimum absolute atomic E-state index is 0.143. The van der Waals surface area contributed by atoms with Crippen molar-refractivity contribution >= 4 is 32.6 Å². The second kappa shape index (κ2) is 5.66. The van der Waals surface area contributed by atoms with E-state index in [1.165, 1.54) is 6.07 Å². The van der Waals surface area contributed by atoms with Crippen LogP contribution in [0, 0.1) is 6.92 Å². The molecule has 1 heterocycles. The normalized spacial score (nSPS) is 11.7. The molecule has 0 atom stereocenters. The smallest absolute Gasteiger partial charge is 0.298 e. The standard InChI is InChI=1S/C16H11F3N2OS/c1-9-5-2-3-6-10(9)14(22)21-15-20-13-11(16(17,18)19)7-4-8-12(13)23-15/h2-8H,1H3,(H,20,21,22). The zero-order valence-corrected chi connectivity index (χ0v) is 12.8. The highest BCUT2D eigenvalue weighted by Gasteiger charge is 2.33. The SMILES string of the molecule is Cc1ccccc1C(=O)Nc1nc2c(C(F)(F)F)cccc2s1. The molecule has 0 fully saturated rings. The Morgan fingerprint density at radius 1 is 1.13 bits per heavy atom. The number of hydrogen-bond acceptors (Lipinski definition) is 3. The average molecular weight is 336 g/mol. The first kappa shape index (κ1) is 15.5. The minimum Gasteiger partial charge on any atom is -0.298 e. The van der Waals surface area contributed by atoms with Gasteiger partial charge in [0.15, 0.2) is 5.13 Å². The topological polar surface area (TPSA) is 42.0 Å². The third-order valence-electron chi connectivity index (χ3n) is 3.33. The lowest BCUT2D eigenvalue weighted by atomic mass is 10.1. The Balaban J connectivity index is 1.96. The van der Waals surface area contributed by atoms with E-state index in [-0.39, 0.29) is 10.6 Å². The highest BCUT2D eigenvalue weighted by Crippen LogP contribution is 2.37. The van der Waals surface area contributed by atoms with Crippen molar-refractivity contribution in [2.24, 2.45) is 0 Å². The predicted molar refractivity (Wildman–Crippen MR) is 83.8 cm³/mol. The fraction of sp³-hybridized carbons (Fsp3) is 0.125. The zero-order valence-electron chi connectivity index (χ0n) is 11.9. The van der Waals surface area contributed by atoms with Gasteiger partial charge in [-0.2, -0.15) is 13.2 Å². The number of fused-ring (bicyclic) bond motifs is 1. The molecule has 0 unspecified atom stereocenters. The number of thiazole rings is 1. The molecule has 0 spiro atoms. The van der Waals surface area contributed by atoms with Crippen molar-refractivity contribution in [3.05, 3.63) is 59.2 Å². The lowest BCUT2D eigenvalue weighted by Crippen LogP contribution is -2.13. The van der Waals surface area contributed by atoms with Crippen LogP contribution in [0.2, 0.25) is 0 Å². The maximum absolute atomic E-state index is 13.0. The number of para-hydroxylation sites is 1. The number of aromatic nitrogens is 1. The van der Waals surface area contributed by atoms with Gasteiger partial charge in [-0.1, -0.05) is 35.6 Å². The van der Waals surface area contributed by atoms with Crippen LogP contribution in [0.4, 0.5) is 18.3 Å². The number of carbonyl (C=O) groups is 1. The van der Waals surface area contributed by atoms with Crippen molar-refractivity contribution in [1.82, 2.24) is 4.98 Å². The molecule has 7 heteroatoms. The minimum atomic E-state index is -4.48. The summed E-state index contributed by atoms with van der Waals surface area (Å²) in [6.07, 6.45) is -4.48. The fourth-order valence-electron chi connectivity index (χ4n) is 2.22. The number of aryl methyl sites for hydroxylation is 1. The van der Waals surface area contributed by atoms with E-state index < -0.39 is 17.6 Å². The van der Waals surface area contributed by atoms with Gasteiger partial charge < -0.3 is 0 Å². The Bertz CT molecular complexity index is 886. The van der Waals surface area contributed by atoms with Gasteiger partial charge in [-0.25, -0.2) is 4.98 Å². The van der Waals surface area contributed by atoms with Crippen LogP contribution in [0.3, 0.4) is 0 Å². The van der Waals surface area contributed by atoms with E-state index in [4.69, 9.17) is 0 Å². The van der Waals surface area contributed by atoms with Crippen molar-refractivity contribution in [2.45, 2.75) is 13.1 Å². The molecule has 0 saturated carbocycles. The number of carbonyl (C=O) groups excluding carboxylic acids is 1. The molecule has 3 aromatic rings. The Labute approximate surface area is 133 Å². The Morgan fingerprint density at radius 2 is 1.87 bits per heavy atom. The quantitative estimate of drug-likeness (QED) is 0.725. The Morgan fingerprint density at radius 3 is 2.57 bits per heavy atom. The van der Waals surface area contributed by atoms with Gasteiger partial charge in [-0.05, 0) is 30.7 Å². The molecule has 118 valence electrons. The molecule has 0 aliphatic carbocycles. The number of anilines is 1. The molecule has 0 radical (unpaired) electrons. The van der Waals surface area contributed by atoms with Gasteiger partial charge in [0, 0.05) is 5.56 Å².